The van der Waals surface area contributed by atoms with Crippen molar-refractivity contribution in [2.45, 2.75) is 19.5 Å². The van der Waals surface area contributed by atoms with Crippen LogP contribution in [0.1, 0.15) is 16.8 Å². The minimum atomic E-state index is 0.569. The number of nitrogens with one attached hydrogen (secondary N) is 1. The number of fused-ring (bicyclic) bond motifs is 1. The van der Waals surface area contributed by atoms with E-state index in [0.29, 0.717) is 4.77 Å². The Morgan fingerprint density at radius 1 is 1.08 bits per heavy atom. The third kappa shape index (κ3) is 3.86. The van der Waals surface area contributed by atoms with E-state index >= 15 is 0 Å². The summed E-state index contributed by atoms with van der Waals surface area (Å²) >= 11 is 8.56. The first-order valence-electron chi connectivity index (χ1n) is 8.18. The van der Waals surface area contributed by atoms with Crippen LogP contribution in [-0.4, -0.2) is 26.4 Å². The predicted octanol–water partition coefficient (Wildman–Crippen LogP) is 4.52. The summed E-state index contributed by atoms with van der Waals surface area (Å²) in [6, 6.07) is 12.5. The lowest BCUT2D eigenvalue weighted by molar-refractivity contribution is 0.242. The van der Waals surface area contributed by atoms with Crippen LogP contribution in [0.15, 0.2) is 53.3 Å². The molecule has 1 aliphatic rings. The van der Waals surface area contributed by atoms with Crippen LogP contribution in [0, 0.1) is 4.77 Å². The first kappa shape index (κ1) is 16.6. The Kier molecular flexibility index (Phi) is 4.74. The minimum absolute atomic E-state index is 0.569. The van der Waals surface area contributed by atoms with Crippen LogP contribution < -0.4 is 0 Å². The maximum atomic E-state index is 5.10. The Morgan fingerprint density at radius 3 is 2.68 bits per heavy atom. The molecular weight excluding hydrogens is 396 g/mol. The molecule has 0 fully saturated rings. The molecule has 0 aliphatic carbocycles. The minimum Gasteiger partial charge on any atom is -0.334 e. The highest BCUT2D eigenvalue weighted by Crippen LogP contribution is 2.21. The van der Waals surface area contributed by atoms with Gasteiger partial charge in [-0.15, -0.1) is 0 Å². The first-order valence-corrected chi connectivity index (χ1v) is 9.38. The van der Waals surface area contributed by atoms with Crippen LogP contribution in [0.4, 0.5) is 0 Å². The van der Waals surface area contributed by atoms with Crippen LogP contribution >= 0.6 is 28.1 Å². The number of H-pyrrole nitrogens is 1. The van der Waals surface area contributed by atoms with Gasteiger partial charge in [0.15, 0.2) is 4.77 Å². The molecule has 1 aliphatic heterocycles. The van der Waals surface area contributed by atoms with E-state index in [4.69, 9.17) is 12.2 Å². The highest BCUT2D eigenvalue weighted by molar-refractivity contribution is 9.10. The molecule has 25 heavy (non-hydrogen) atoms. The summed E-state index contributed by atoms with van der Waals surface area (Å²) in [7, 11) is 0. The number of hydrogen-bond donors (Lipinski definition) is 1. The lowest BCUT2D eigenvalue weighted by atomic mass is 10.1. The molecule has 0 spiro atoms. The fraction of sp³-hybridized carbons (Fsp3) is 0.211. The SMILES string of the molecule is S=c1ncc2c([nH]1)CCN(Cc1ccc(-c3ccc(Br)cc3)nc1)C2. The monoisotopic (exact) mass is 412 g/mol. The summed E-state index contributed by atoms with van der Waals surface area (Å²) < 4.78 is 1.65. The van der Waals surface area contributed by atoms with E-state index in [0.717, 1.165) is 41.8 Å². The number of pyridine rings is 1. The molecule has 4 nitrogen and oxygen atoms in total. The zero-order chi connectivity index (χ0) is 17.2. The molecule has 4 rings (SSSR count). The van der Waals surface area contributed by atoms with E-state index < -0.39 is 0 Å². The zero-order valence-electron chi connectivity index (χ0n) is 13.6. The van der Waals surface area contributed by atoms with Gasteiger partial charge in [0.1, 0.15) is 0 Å². The molecular formula is C19H17BrN4S. The van der Waals surface area contributed by atoms with Gasteiger partial charge >= 0.3 is 0 Å². The fourth-order valence-electron chi connectivity index (χ4n) is 3.11. The van der Waals surface area contributed by atoms with E-state index in [2.05, 4.69) is 60.0 Å². The van der Waals surface area contributed by atoms with Gasteiger partial charge in [-0.2, -0.15) is 0 Å². The second-order valence-electron chi connectivity index (χ2n) is 6.21. The summed E-state index contributed by atoms with van der Waals surface area (Å²) in [6.45, 7) is 2.79. The fourth-order valence-corrected chi connectivity index (χ4v) is 3.55. The maximum Gasteiger partial charge on any atom is 0.196 e. The van der Waals surface area contributed by atoms with E-state index in [9.17, 15) is 0 Å². The van der Waals surface area contributed by atoms with Gasteiger partial charge in [-0.25, -0.2) is 4.98 Å². The summed E-state index contributed by atoms with van der Waals surface area (Å²) in [6.07, 6.45) is 4.85. The van der Waals surface area contributed by atoms with Crippen LogP contribution in [0.5, 0.6) is 0 Å². The van der Waals surface area contributed by atoms with Crippen molar-refractivity contribution in [2.75, 3.05) is 6.54 Å². The third-order valence-corrected chi connectivity index (χ3v) is 5.16. The molecule has 126 valence electrons. The van der Waals surface area contributed by atoms with Crippen LogP contribution in [0.2, 0.25) is 0 Å². The van der Waals surface area contributed by atoms with Crippen molar-refractivity contribution in [3.05, 3.63) is 74.9 Å². The first-order chi connectivity index (χ1) is 12.2. The lowest BCUT2D eigenvalue weighted by Gasteiger charge is -2.28. The van der Waals surface area contributed by atoms with Gasteiger partial charge < -0.3 is 4.98 Å². The van der Waals surface area contributed by atoms with Crippen molar-refractivity contribution in [2.24, 2.45) is 0 Å². The molecule has 0 saturated carbocycles. The topological polar surface area (TPSA) is 44.8 Å². The highest BCUT2D eigenvalue weighted by atomic mass is 79.9. The lowest BCUT2D eigenvalue weighted by Crippen LogP contribution is -2.30. The van der Waals surface area contributed by atoms with Crippen LogP contribution in [-0.2, 0) is 19.5 Å². The molecule has 0 saturated heterocycles. The van der Waals surface area contributed by atoms with Gasteiger partial charge in [-0.3, -0.25) is 9.88 Å². The standard InChI is InChI=1S/C19H17BrN4S/c20-16-4-2-14(3-5-16)17-6-1-13(9-21-17)11-24-8-7-18-15(12-24)10-22-19(25)23-18/h1-6,9-10H,7-8,11-12H2,(H,22,23,25). The van der Waals surface area contributed by atoms with E-state index in [-0.39, 0.29) is 0 Å². The quantitative estimate of drug-likeness (QED) is 0.642. The Morgan fingerprint density at radius 2 is 1.92 bits per heavy atom. The molecule has 0 unspecified atom stereocenters. The average Bonchev–Trinajstić information content (AvgIpc) is 2.63. The number of nitrogens with zero attached hydrogens (tertiary/aromatic N) is 3. The summed E-state index contributed by atoms with van der Waals surface area (Å²) in [4.78, 5) is 14.4. The van der Waals surface area contributed by atoms with Crippen LogP contribution in [0.25, 0.3) is 11.3 Å². The molecule has 0 radical (unpaired) electrons. The van der Waals surface area contributed by atoms with Gasteiger partial charge in [0.2, 0.25) is 0 Å². The van der Waals surface area contributed by atoms with Gasteiger partial charge in [0, 0.05) is 59.7 Å². The number of hydrogen-bond acceptors (Lipinski definition) is 4. The number of benzene rings is 1. The van der Waals surface area contributed by atoms with Crippen molar-refractivity contribution < 1.29 is 0 Å². The summed E-state index contributed by atoms with van der Waals surface area (Å²) in [5.41, 5.74) is 5.81. The van der Waals surface area contributed by atoms with E-state index in [1.54, 1.807) is 0 Å². The third-order valence-electron chi connectivity index (χ3n) is 4.43. The van der Waals surface area contributed by atoms with Crippen molar-refractivity contribution in [3.8, 4) is 11.3 Å². The molecule has 3 heterocycles. The van der Waals surface area contributed by atoms with Gasteiger partial charge in [0.05, 0.1) is 5.69 Å². The maximum absolute atomic E-state index is 5.10. The smallest absolute Gasteiger partial charge is 0.196 e. The largest absolute Gasteiger partial charge is 0.334 e. The molecule has 3 aromatic rings. The van der Waals surface area contributed by atoms with E-state index in [1.165, 1.54) is 16.8 Å². The number of aromatic amines is 1. The van der Waals surface area contributed by atoms with Crippen molar-refractivity contribution in [1.82, 2.24) is 19.9 Å². The second kappa shape index (κ2) is 7.15. The Bertz CT molecular complexity index is 935. The molecule has 0 atom stereocenters. The number of halogens is 1. The van der Waals surface area contributed by atoms with E-state index in [1.807, 2.05) is 24.5 Å². The van der Waals surface area contributed by atoms with Gasteiger partial charge in [0.25, 0.3) is 0 Å². The predicted molar refractivity (Wildman–Crippen MR) is 105 cm³/mol. The van der Waals surface area contributed by atoms with Gasteiger partial charge in [-0.05, 0) is 36.0 Å². The normalized spacial score (nSPS) is 14.3. The average molecular weight is 413 g/mol. The van der Waals surface area contributed by atoms with Crippen molar-refractivity contribution in [3.63, 3.8) is 0 Å². The second-order valence-corrected chi connectivity index (χ2v) is 7.51. The Balaban J connectivity index is 1.46. The van der Waals surface area contributed by atoms with Crippen LogP contribution in [0.3, 0.4) is 0 Å². The van der Waals surface area contributed by atoms with Crippen molar-refractivity contribution >= 4 is 28.1 Å². The highest BCUT2D eigenvalue weighted by Gasteiger charge is 2.17. The molecule has 1 aromatic carbocycles. The summed E-state index contributed by atoms with van der Waals surface area (Å²) in [5, 5.41) is 0. The molecule has 0 amide bonds. The number of rotatable bonds is 3. The summed E-state index contributed by atoms with van der Waals surface area (Å²) in [5.74, 6) is 0. The molecule has 0 bridgehead atoms. The van der Waals surface area contributed by atoms with Gasteiger partial charge in [-0.1, -0.05) is 34.1 Å². The molecule has 2 aromatic heterocycles. The molecule has 1 N–H and O–H groups in total. The van der Waals surface area contributed by atoms with Crippen molar-refractivity contribution in [1.29, 1.82) is 0 Å². The zero-order valence-corrected chi connectivity index (χ0v) is 16.0. The molecule has 6 heteroatoms. The Hall–Kier alpha value is -1.89. The number of aromatic nitrogens is 3. The Labute approximate surface area is 160 Å².